The molecule has 0 aliphatic rings. The third-order valence-electron chi connectivity index (χ3n) is 1.57. The van der Waals surface area contributed by atoms with Crippen LogP contribution in [-0.2, 0) is 23.8 Å². The highest BCUT2D eigenvalue weighted by molar-refractivity contribution is 5.80. The van der Waals surface area contributed by atoms with Gasteiger partial charge in [-0.2, -0.15) is 0 Å². The number of hydrogen-bond acceptors (Lipinski definition) is 6. The van der Waals surface area contributed by atoms with E-state index in [0.717, 1.165) is 0 Å². The van der Waals surface area contributed by atoms with Crippen LogP contribution in [-0.4, -0.2) is 61.8 Å². The van der Waals surface area contributed by atoms with Gasteiger partial charge in [-0.3, -0.25) is 4.79 Å². The van der Waals surface area contributed by atoms with Gasteiger partial charge in [-0.1, -0.05) is 0 Å². The van der Waals surface area contributed by atoms with Gasteiger partial charge in [0, 0.05) is 7.11 Å². The second-order valence-corrected chi connectivity index (χ2v) is 2.88. The number of carboxylic acid groups (broad SMARTS) is 1. The van der Waals surface area contributed by atoms with Crippen LogP contribution < -0.4 is 0 Å². The summed E-state index contributed by atoms with van der Waals surface area (Å²) < 4.78 is 14.3. The van der Waals surface area contributed by atoms with E-state index in [2.05, 4.69) is 4.74 Å². The Labute approximate surface area is 92.9 Å². The fourth-order valence-electron chi connectivity index (χ4n) is 0.763. The summed E-state index contributed by atoms with van der Waals surface area (Å²) in [5, 5.41) is 17.1. The summed E-state index contributed by atoms with van der Waals surface area (Å²) in [6.45, 7) is 1.07. The Kier molecular flexibility index (Phi) is 8.41. The Morgan fingerprint density at radius 1 is 1.19 bits per heavy atom. The summed E-state index contributed by atoms with van der Waals surface area (Å²) in [5.74, 6) is -2.22. The Morgan fingerprint density at radius 3 is 2.38 bits per heavy atom. The fourth-order valence-corrected chi connectivity index (χ4v) is 0.763. The van der Waals surface area contributed by atoms with Gasteiger partial charge in [0.2, 0.25) is 0 Å². The molecule has 0 heterocycles. The number of rotatable bonds is 9. The molecule has 0 rings (SSSR count). The molecule has 0 bridgehead atoms. The summed E-state index contributed by atoms with van der Waals surface area (Å²) in [7, 11) is 1.54. The number of hydrogen-bond donors (Lipinski definition) is 2. The van der Waals surface area contributed by atoms with Gasteiger partial charge in [0.1, 0.15) is 6.61 Å². The van der Waals surface area contributed by atoms with Gasteiger partial charge < -0.3 is 24.4 Å². The van der Waals surface area contributed by atoms with Crippen LogP contribution in [0.1, 0.15) is 6.42 Å². The highest BCUT2D eigenvalue weighted by Gasteiger charge is 2.18. The number of aliphatic carboxylic acids is 1. The molecule has 1 atom stereocenters. The number of ether oxygens (including phenoxy) is 3. The third kappa shape index (κ3) is 8.16. The maximum atomic E-state index is 10.9. The topological polar surface area (TPSA) is 102 Å². The van der Waals surface area contributed by atoms with Crippen LogP contribution in [0.2, 0.25) is 0 Å². The van der Waals surface area contributed by atoms with Crippen LogP contribution in [0.3, 0.4) is 0 Å². The van der Waals surface area contributed by atoms with E-state index >= 15 is 0 Å². The first kappa shape index (κ1) is 14.8. The van der Waals surface area contributed by atoms with Gasteiger partial charge >= 0.3 is 11.9 Å². The quantitative estimate of drug-likeness (QED) is 0.392. The molecule has 7 nitrogen and oxygen atoms in total. The molecule has 7 heteroatoms. The van der Waals surface area contributed by atoms with E-state index in [1.54, 1.807) is 0 Å². The van der Waals surface area contributed by atoms with Gasteiger partial charge in [0.05, 0.1) is 26.2 Å². The van der Waals surface area contributed by atoms with Crippen LogP contribution in [0.4, 0.5) is 0 Å². The van der Waals surface area contributed by atoms with E-state index in [1.807, 2.05) is 0 Å². The Morgan fingerprint density at radius 2 is 1.81 bits per heavy atom. The van der Waals surface area contributed by atoms with E-state index in [1.165, 1.54) is 7.11 Å². The van der Waals surface area contributed by atoms with Crippen molar-refractivity contribution in [3.05, 3.63) is 0 Å². The smallest absolute Gasteiger partial charge is 0.333 e. The Balaban J connectivity index is 3.40. The molecule has 0 aliphatic carbocycles. The molecule has 0 aromatic heterocycles. The van der Waals surface area contributed by atoms with Gasteiger partial charge in [-0.25, -0.2) is 4.79 Å². The van der Waals surface area contributed by atoms with Crippen LogP contribution in [0.5, 0.6) is 0 Å². The first-order valence-electron chi connectivity index (χ1n) is 4.71. The minimum atomic E-state index is -1.72. The number of aliphatic hydroxyl groups is 1. The van der Waals surface area contributed by atoms with Gasteiger partial charge in [-0.15, -0.1) is 0 Å². The van der Waals surface area contributed by atoms with E-state index in [4.69, 9.17) is 19.7 Å². The van der Waals surface area contributed by atoms with E-state index in [9.17, 15) is 9.59 Å². The Hall–Kier alpha value is -1.18. The van der Waals surface area contributed by atoms with Crippen molar-refractivity contribution >= 4 is 11.9 Å². The molecule has 0 saturated heterocycles. The molecule has 0 radical (unpaired) electrons. The van der Waals surface area contributed by atoms with E-state index < -0.39 is 24.5 Å². The predicted octanol–water partition coefficient (Wildman–Crippen LogP) is -0.972. The number of carbonyl (C=O) groups is 2. The molecule has 0 unspecified atom stereocenters. The van der Waals surface area contributed by atoms with Crippen LogP contribution in [0, 0.1) is 0 Å². The molecular formula is C9H16O7. The summed E-state index contributed by atoms with van der Waals surface area (Å²) in [5.41, 5.74) is 0. The van der Waals surface area contributed by atoms with Crippen molar-refractivity contribution < 1.29 is 34.0 Å². The highest BCUT2D eigenvalue weighted by Crippen LogP contribution is 1.94. The molecule has 0 aromatic carbocycles. The lowest BCUT2D eigenvalue weighted by Crippen LogP contribution is -2.25. The van der Waals surface area contributed by atoms with Crippen LogP contribution in [0.15, 0.2) is 0 Å². The molecule has 0 amide bonds. The van der Waals surface area contributed by atoms with Gasteiger partial charge in [0.15, 0.2) is 6.10 Å². The van der Waals surface area contributed by atoms with Crippen molar-refractivity contribution in [1.82, 2.24) is 0 Å². The Bertz CT molecular complexity index is 216. The van der Waals surface area contributed by atoms with Gasteiger partial charge in [-0.05, 0) is 0 Å². The number of carbonyl (C=O) groups excluding carboxylic acids is 1. The van der Waals surface area contributed by atoms with Crippen molar-refractivity contribution in [2.24, 2.45) is 0 Å². The lowest BCUT2D eigenvalue weighted by Gasteiger charge is -2.07. The zero-order valence-electron chi connectivity index (χ0n) is 9.05. The predicted molar refractivity (Wildman–Crippen MR) is 51.9 cm³/mol. The minimum Gasteiger partial charge on any atom is -0.479 e. The van der Waals surface area contributed by atoms with E-state index in [-0.39, 0.29) is 13.2 Å². The molecule has 0 saturated carbocycles. The molecule has 94 valence electrons. The van der Waals surface area contributed by atoms with Crippen molar-refractivity contribution in [1.29, 1.82) is 0 Å². The molecule has 0 fully saturated rings. The summed E-state index contributed by atoms with van der Waals surface area (Å²) >= 11 is 0. The summed E-state index contributed by atoms with van der Waals surface area (Å²) in [4.78, 5) is 21.1. The molecule has 2 N–H and O–H groups in total. The molecule has 0 aromatic rings. The first-order chi connectivity index (χ1) is 7.57. The fraction of sp³-hybridized carbons (Fsp3) is 0.778. The number of esters is 1. The standard InChI is InChI=1S/C9H16O7/c1-14-2-3-15-4-5-16-8(11)6-7(10)9(12)13/h7,10H,2-6H2,1H3,(H,12,13)/t7-/m1/s1. The summed E-state index contributed by atoms with van der Waals surface area (Å²) in [6, 6.07) is 0. The SMILES string of the molecule is COCCOCCOC(=O)C[C@@H](O)C(=O)O. The molecular weight excluding hydrogens is 220 g/mol. The van der Waals surface area contributed by atoms with Gasteiger partial charge in [0.25, 0.3) is 0 Å². The van der Waals surface area contributed by atoms with Crippen molar-refractivity contribution in [3.8, 4) is 0 Å². The molecule has 16 heavy (non-hydrogen) atoms. The van der Waals surface area contributed by atoms with Crippen molar-refractivity contribution in [3.63, 3.8) is 0 Å². The largest absolute Gasteiger partial charge is 0.479 e. The first-order valence-corrected chi connectivity index (χ1v) is 4.71. The number of aliphatic hydroxyl groups excluding tert-OH is 1. The third-order valence-corrected chi connectivity index (χ3v) is 1.57. The zero-order chi connectivity index (χ0) is 12.4. The highest BCUT2D eigenvalue weighted by atomic mass is 16.6. The van der Waals surface area contributed by atoms with E-state index in [0.29, 0.717) is 13.2 Å². The monoisotopic (exact) mass is 236 g/mol. The number of carboxylic acids is 1. The summed E-state index contributed by atoms with van der Waals surface area (Å²) in [6.07, 6.45) is -2.28. The lowest BCUT2D eigenvalue weighted by atomic mass is 10.2. The minimum absolute atomic E-state index is 0.0227. The normalized spacial score (nSPS) is 12.1. The maximum absolute atomic E-state index is 10.9. The van der Waals surface area contributed by atoms with Crippen molar-refractivity contribution in [2.45, 2.75) is 12.5 Å². The number of methoxy groups -OCH3 is 1. The lowest BCUT2D eigenvalue weighted by molar-refractivity contribution is -0.156. The second-order valence-electron chi connectivity index (χ2n) is 2.88. The molecule has 0 spiro atoms. The average molecular weight is 236 g/mol. The molecule has 0 aliphatic heterocycles. The maximum Gasteiger partial charge on any atom is 0.333 e. The second kappa shape index (κ2) is 9.08. The average Bonchev–Trinajstić information content (AvgIpc) is 2.23. The van der Waals surface area contributed by atoms with Crippen LogP contribution in [0.25, 0.3) is 0 Å². The van der Waals surface area contributed by atoms with Crippen molar-refractivity contribution in [2.75, 3.05) is 33.5 Å². The van der Waals surface area contributed by atoms with Crippen LogP contribution >= 0.6 is 0 Å². The zero-order valence-corrected chi connectivity index (χ0v) is 9.05.